The average molecular weight is 395 g/mol. The van der Waals surface area contributed by atoms with Crippen molar-refractivity contribution in [1.29, 1.82) is 0 Å². The summed E-state index contributed by atoms with van der Waals surface area (Å²) in [5.74, 6) is 0.415. The molecular weight excluding hydrogens is 380 g/mol. The Morgan fingerprint density at radius 2 is 1.81 bits per heavy atom. The van der Waals surface area contributed by atoms with Crippen LogP contribution in [-0.4, -0.2) is 18.0 Å². The smallest absolute Gasteiger partial charge is 0.266 e. The molecule has 0 radical (unpaired) electrons. The van der Waals surface area contributed by atoms with Crippen molar-refractivity contribution in [3.63, 3.8) is 0 Å². The first-order valence-electron chi connectivity index (χ1n) is 8.26. The third kappa shape index (κ3) is 3.39. The third-order valence-corrected chi connectivity index (χ3v) is 5.44. The van der Waals surface area contributed by atoms with E-state index in [9.17, 15) is 4.79 Å². The highest BCUT2D eigenvalue weighted by atomic mass is 35.5. The van der Waals surface area contributed by atoms with Crippen LogP contribution in [0.3, 0.4) is 0 Å². The normalized spacial score (nSPS) is 10.7. The highest BCUT2D eigenvalue weighted by Crippen LogP contribution is 2.36. The van der Waals surface area contributed by atoms with E-state index in [0.29, 0.717) is 27.2 Å². The Morgan fingerprint density at radius 3 is 2.59 bits per heavy atom. The molecule has 27 heavy (non-hydrogen) atoms. The van der Waals surface area contributed by atoms with Crippen LogP contribution in [0.1, 0.15) is 10.4 Å². The molecule has 0 unspecified atom stereocenters. The van der Waals surface area contributed by atoms with E-state index in [0.717, 1.165) is 10.2 Å². The molecule has 4 aromatic rings. The Bertz CT molecular complexity index is 1090. The van der Waals surface area contributed by atoms with Crippen LogP contribution in [0.15, 0.2) is 72.8 Å². The number of rotatable bonds is 4. The Hall–Kier alpha value is -2.89. The minimum absolute atomic E-state index is 0.243. The number of nitrogens with zero attached hydrogens (tertiary/aromatic N) is 2. The lowest BCUT2D eigenvalue weighted by atomic mass is 10.2. The summed E-state index contributed by atoms with van der Waals surface area (Å²) < 4.78 is 6.33. The van der Waals surface area contributed by atoms with Crippen molar-refractivity contribution in [1.82, 2.24) is 4.98 Å². The van der Waals surface area contributed by atoms with Crippen LogP contribution < -0.4 is 9.64 Å². The Kier molecular flexibility index (Phi) is 4.79. The van der Waals surface area contributed by atoms with Crippen molar-refractivity contribution >= 4 is 49.9 Å². The van der Waals surface area contributed by atoms with Gasteiger partial charge in [-0.2, -0.15) is 0 Å². The topological polar surface area (TPSA) is 42.4 Å². The van der Waals surface area contributed by atoms with Crippen LogP contribution in [0.2, 0.25) is 5.02 Å². The van der Waals surface area contributed by atoms with E-state index >= 15 is 0 Å². The maximum Gasteiger partial charge on any atom is 0.266 e. The number of benzene rings is 3. The van der Waals surface area contributed by atoms with Gasteiger partial charge in [-0.15, -0.1) is 0 Å². The van der Waals surface area contributed by atoms with Gasteiger partial charge in [0, 0.05) is 6.07 Å². The summed E-state index contributed by atoms with van der Waals surface area (Å²) in [7, 11) is 1.59. The fourth-order valence-electron chi connectivity index (χ4n) is 2.77. The van der Waals surface area contributed by atoms with Gasteiger partial charge in [-0.1, -0.05) is 53.3 Å². The number of carbonyl (C=O) groups is 1. The Labute approximate surface area is 165 Å². The fourth-order valence-corrected chi connectivity index (χ4v) is 3.98. The van der Waals surface area contributed by atoms with Crippen molar-refractivity contribution in [2.24, 2.45) is 0 Å². The van der Waals surface area contributed by atoms with Crippen LogP contribution in [-0.2, 0) is 0 Å². The predicted molar refractivity (Wildman–Crippen MR) is 111 cm³/mol. The molecule has 3 aromatic carbocycles. The Morgan fingerprint density at radius 1 is 1.04 bits per heavy atom. The molecule has 0 aliphatic heterocycles. The number of anilines is 2. The van der Waals surface area contributed by atoms with E-state index in [2.05, 4.69) is 4.98 Å². The summed E-state index contributed by atoms with van der Waals surface area (Å²) >= 11 is 7.74. The number of fused-ring (bicyclic) bond motifs is 1. The number of methoxy groups -OCH3 is 1. The largest absolute Gasteiger partial charge is 0.497 e. The second kappa shape index (κ2) is 7.39. The lowest BCUT2D eigenvalue weighted by Crippen LogP contribution is -2.26. The molecule has 4 rings (SSSR count). The number of aromatic nitrogens is 1. The predicted octanol–water partition coefficient (Wildman–Crippen LogP) is 5.94. The summed E-state index contributed by atoms with van der Waals surface area (Å²) in [6, 6.07) is 22.1. The highest BCUT2D eigenvalue weighted by Gasteiger charge is 2.25. The van der Waals surface area contributed by atoms with Gasteiger partial charge in [0.2, 0.25) is 0 Å². The molecule has 0 saturated heterocycles. The van der Waals surface area contributed by atoms with Gasteiger partial charge in [0.25, 0.3) is 5.91 Å². The van der Waals surface area contributed by atoms with Gasteiger partial charge in [0.15, 0.2) is 5.13 Å². The monoisotopic (exact) mass is 394 g/mol. The van der Waals surface area contributed by atoms with Crippen LogP contribution in [0.4, 0.5) is 10.8 Å². The fraction of sp³-hybridized carbons (Fsp3) is 0.0476. The summed E-state index contributed by atoms with van der Waals surface area (Å²) in [6.07, 6.45) is 0. The minimum atomic E-state index is -0.243. The number of thiazole rings is 1. The molecule has 0 saturated carbocycles. The van der Waals surface area contributed by atoms with Crippen molar-refractivity contribution in [2.75, 3.05) is 12.0 Å². The lowest BCUT2D eigenvalue weighted by Gasteiger charge is -2.21. The first-order valence-corrected chi connectivity index (χ1v) is 9.45. The summed E-state index contributed by atoms with van der Waals surface area (Å²) in [5.41, 5.74) is 1.93. The second-order valence-corrected chi connectivity index (χ2v) is 7.20. The zero-order valence-electron chi connectivity index (χ0n) is 14.4. The number of ether oxygens (including phenoxy) is 1. The first-order chi connectivity index (χ1) is 13.2. The molecule has 0 aliphatic rings. The third-order valence-electron chi connectivity index (χ3n) is 4.09. The SMILES string of the molecule is COc1cccc(N(C(=O)c2ccccc2Cl)c2nc3ccccc3s2)c1. The van der Waals surface area contributed by atoms with Crippen LogP contribution in [0, 0.1) is 0 Å². The zero-order chi connectivity index (χ0) is 18.8. The Balaban J connectivity index is 1.89. The van der Waals surface area contributed by atoms with Gasteiger partial charge in [0.1, 0.15) is 5.75 Å². The molecule has 0 fully saturated rings. The zero-order valence-corrected chi connectivity index (χ0v) is 16.0. The summed E-state index contributed by atoms with van der Waals surface area (Å²) in [6.45, 7) is 0. The molecule has 1 aromatic heterocycles. The molecule has 134 valence electrons. The van der Waals surface area contributed by atoms with E-state index in [-0.39, 0.29) is 5.91 Å². The molecule has 0 aliphatic carbocycles. The summed E-state index contributed by atoms with van der Waals surface area (Å²) in [4.78, 5) is 19.6. The van der Waals surface area contributed by atoms with Gasteiger partial charge in [0.05, 0.1) is 33.6 Å². The van der Waals surface area contributed by atoms with Gasteiger partial charge in [-0.25, -0.2) is 4.98 Å². The number of para-hydroxylation sites is 1. The van der Waals surface area contributed by atoms with Crippen molar-refractivity contribution in [3.05, 3.63) is 83.4 Å². The maximum atomic E-state index is 13.4. The van der Waals surface area contributed by atoms with E-state index in [1.807, 2.05) is 42.5 Å². The van der Waals surface area contributed by atoms with Gasteiger partial charge < -0.3 is 4.74 Å². The van der Waals surface area contributed by atoms with Gasteiger partial charge in [-0.3, -0.25) is 9.69 Å². The number of halogens is 1. The number of amides is 1. The molecule has 0 bridgehead atoms. The standard InChI is InChI=1S/C21H15ClN2O2S/c1-26-15-8-6-7-14(13-15)24(20(25)16-9-2-3-10-17(16)22)21-23-18-11-4-5-12-19(18)27-21/h2-13H,1H3. The van der Waals surface area contributed by atoms with Crippen molar-refractivity contribution < 1.29 is 9.53 Å². The molecular formula is C21H15ClN2O2S. The van der Waals surface area contributed by atoms with Gasteiger partial charge >= 0.3 is 0 Å². The molecule has 0 spiro atoms. The van der Waals surface area contributed by atoms with Crippen molar-refractivity contribution in [2.45, 2.75) is 0 Å². The van der Waals surface area contributed by atoms with Crippen LogP contribution >= 0.6 is 22.9 Å². The van der Waals surface area contributed by atoms with E-state index in [4.69, 9.17) is 16.3 Å². The quantitative estimate of drug-likeness (QED) is 0.430. The molecule has 1 heterocycles. The molecule has 0 N–H and O–H groups in total. The van der Waals surface area contributed by atoms with E-state index in [1.165, 1.54) is 11.3 Å². The lowest BCUT2D eigenvalue weighted by molar-refractivity contribution is 0.0999. The number of hydrogen-bond acceptors (Lipinski definition) is 4. The minimum Gasteiger partial charge on any atom is -0.497 e. The first kappa shape index (κ1) is 17.5. The van der Waals surface area contributed by atoms with E-state index < -0.39 is 0 Å². The van der Waals surface area contributed by atoms with E-state index in [1.54, 1.807) is 42.3 Å². The second-order valence-electron chi connectivity index (χ2n) is 5.79. The average Bonchev–Trinajstić information content (AvgIpc) is 3.12. The number of hydrogen-bond donors (Lipinski definition) is 0. The highest BCUT2D eigenvalue weighted by molar-refractivity contribution is 7.22. The van der Waals surface area contributed by atoms with Crippen LogP contribution in [0.25, 0.3) is 10.2 Å². The molecule has 6 heteroatoms. The molecule has 4 nitrogen and oxygen atoms in total. The van der Waals surface area contributed by atoms with Crippen molar-refractivity contribution in [3.8, 4) is 5.75 Å². The molecule has 1 amide bonds. The number of carbonyl (C=O) groups excluding carboxylic acids is 1. The maximum absolute atomic E-state index is 13.4. The van der Waals surface area contributed by atoms with Crippen LogP contribution in [0.5, 0.6) is 5.75 Å². The van der Waals surface area contributed by atoms with Gasteiger partial charge in [-0.05, 0) is 36.4 Å². The molecule has 0 atom stereocenters. The summed E-state index contributed by atoms with van der Waals surface area (Å²) in [5, 5.41) is 0.978.